The monoisotopic (exact) mass is 248 g/mol. The number of alkyl halides is 3. The van der Waals surface area contributed by atoms with Gasteiger partial charge < -0.3 is 10.2 Å². The van der Waals surface area contributed by atoms with Crippen LogP contribution in [-0.4, -0.2) is 22.4 Å². The first-order chi connectivity index (χ1) is 7.66. The lowest BCUT2D eigenvalue weighted by molar-refractivity contribution is -0.259. The Morgan fingerprint density at radius 2 is 1.82 bits per heavy atom. The molecular formula is C11H11F3O3. The average Bonchev–Trinajstić information content (AvgIpc) is 2.15. The number of carboxylic acids is 1. The van der Waals surface area contributed by atoms with Crippen LogP contribution in [0.5, 0.6) is 0 Å². The fourth-order valence-corrected chi connectivity index (χ4v) is 1.46. The van der Waals surface area contributed by atoms with Crippen LogP contribution in [0.4, 0.5) is 13.2 Å². The van der Waals surface area contributed by atoms with Gasteiger partial charge in [0.05, 0.1) is 6.42 Å². The molecule has 0 bridgehead atoms. The number of benzene rings is 1. The van der Waals surface area contributed by atoms with Gasteiger partial charge in [-0.25, -0.2) is 0 Å². The number of aliphatic hydroxyl groups is 1. The fourth-order valence-electron chi connectivity index (χ4n) is 1.46. The van der Waals surface area contributed by atoms with Gasteiger partial charge in [-0.1, -0.05) is 24.3 Å². The number of rotatable bonds is 3. The third-order valence-corrected chi connectivity index (χ3v) is 2.44. The second-order valence-corrected chi connectivity index (χ2v) is 3.80. The van der Waals surface area contributed by atoms with E-state index in [1.54, 1.807) is 0 Å². The van der Waals surface area contributed by atoms with Crippen LogP contribution < -0.4 is 0 Å². The zero-order valence-electron chi connectivity index (χ0n) is 8.95. The second-order valence-electron chi connectivity index (χ2n) is 3.80. The predicted octanol–water partition coefficient (Wildman–Crippen LogP) is 2.08. The van der Waals surface area contributed by atoms with Crippen LogP contribution >= 0.6 is 0 Å². The summed E-state index contributed by atoms with van der Waals surface area (Å²) in [6, 6.07) is 5.07. The number of aliphatic carboxylic acids is 1. The molecule has 0 fully saturated rings. The van der Waals surface area contributed by atoms with Crippen molar-refractivity contribution in [1.82, 2.24) is 0 Å². The molecule has 0 saturated carbocycles. The van der Waals surface area contributed by atoms with Gasteiger partial charge in [-0.15, -0.1) is 0 Å². The molecule has 0 spiro atoms. The number of hydrogen-bond acceptors (Lipinski definition) is 2. The zero-order chi connectivity index (χ0) is 13.3. The third kappa shape index (κ3) is 2.76. The number of carbonyl (C=O) groups is 1. The topological polar surface area (TPSA) is 57.5 Å². The van der Waals surface area contributed by atoms with Crippen molar-refractivity contribution >= 4 is 5.97 Å². The van der Waals surface area contributed by atoms with Gasteiger partial charge in [0, 0.05) is 0 Å². The molecule has 0 saturated heterocycles. The van der Waals surface area contributed by atoms with Gasteiger partial charge in [-0.3, -0.25) is 4.79 Å². The standard InChI is InChI=1S/C11H11F3O3/c1-10(17,11(12,13)14)8-5-3-2-4-7(8)6-9(15)16/h2-5,17H,6H2,1H3,(H,15,16). The molecule has 0 heterocycles. The van der Waals surface area contributed by atoms with Crippen LogP contribution in [0.1, 0.15) is 18.1 Å². The summed E-state index contributed by atoms with van der Waals surface area (Å²) in [6.45, 7) is 0.605. The van der Waals surface area contributed by atoms with Gasteiger partial charge in [0.2, 0.25) is 0 Å². The average molecular weight is 248 g/mol. The quantitative estimate of drug-likeness (QED) is 0.861. The van der Waals surface area contributed by atoms with Gasteiger partial charge in [0.25, 0.3) is 0 Å². The van der Waals surface area contributed by atoms with Crippen molar-refractivity contribution in [3.05, 3.63) is 35.4 Å². The summed E-state index contributed by atoms with van der Waals surface area (Å²) in [4.78, 5) is 10.5. The van der Waals surface area contributed by atoms with Crippen molar-refractivity contribution in [2.24, 2.45) is 0 Å². The van der Waals surface area contributed by atoms with Gasteiger partial charge in [-0.05, 0) is 18.1 Å². The number of halogens is 3. The molecule has 17 heavy (non-hydrogen) atoms. The maximum absolute atomic E-state index is 12.6. The van der Waals surface area contributed by atoms with Crippen LogP contribution in [0.3, 0.4) is 0 Å². The summed E-state index contributed by atoms with van der Waals surface area (Å²) in [6.07, 6.45) is -5.43. The van der Waals surface area contributed by atoms with E-state index in [0.29, 0.717) is 6.92 Å². The van der Waals surface area contributed by atoms with Crippen molar-refractivity contribution in [2.75, 3.05) is 0 Å². The molecule has 0 amide bonds. The molecule has 3 nitrogen and oxygen atoms in total. The van der Waals surface area contributed by atoms with Gasteiger partial charge in [0.15, 0.2) is 5.60 Å². The van der Waals surface area contributed by atoms with Gasteiger partial charge in [0.1, 0.15) is 0 Å². The van der Waals surface area contributed by atoms with E-state index in [9.17, 15) is 23.1 Å². The minimum absolute atomic E-state index is 0.0534. The van der Waals surface area contributed by atoms with E-state index in [-0.39, 0.29) is 5.56 Å². The molecule has 1 rings (SSSR count). The second kappa shape index (κ2) is 4.37. The summed E-state index contributed by atoms with van der Waals surface area (Å²) in [7, 11) is 0. The first-order valence-electron chi connectivity index (χ1n) is 4.75. The van der Waals surface area contributed by atoms with Crippen LogP contribution in [0.25, 0.3) is 0 Å². The smallest absolute Gasteiger partial charge is 0.421 e. The van der Waals surface area contributed by atoms with Crippen LogP contribution in [0.2, 0.25) is 0 Å². The molecule has 6 heteroatoms. The maximum Gasteiger partial charge on any atom is 0.421 e. The van der Waals surface area contributed by atoms with E-state index in [1.165, 1.54) is 18.2 Å². The van der Waals surface area contributed by atoms with Crippen molar-refractivity contribution in [2.45, 2.75) is 25.1 Å². The highest BCUT2D eigenvalue weighted by Gasteiger charge is 2.51. The van der Waals surface area contributed by atoms with Crippen molar-refractivity contribution in [3.8, 4) is 0 Å². The van der Waals surface area contributed by atoms with Gasteiger partial charge >= 0.3 is 12.1 Å². The Morgan fingerprint density at radius 1 is 1.29 bits per heavy atom. The molecular weight excluding hydrogens is 237 g/mol. The Kier molecular flexibility index (Phi) is 3.47. The van der Waals surface area contributed by atoms with Crippen molar-refractivity contribution < 1.29 is 28.2 Å². The third-order valence-electron chi connectivity index (χ3n) is 2.44. The highest BCUT2D eigenvalue weighted by atomic mass is 19.4. The summed E-state index contributed by atoms with van der Waals surface area (Å²) in [5.74, 6) is -1.25. The Hall–Kier alpha value is -1.56. The fraction of sp³-hybridized carbons (Fsp3) is 0.364. The van der Waals surface area contributed by atoms with E-state index in [4.69, 9.17) is 5.11 Å². The minimum atomic E-state index is -4.86. The zero-order valence-corrected chi connectivity index (χ0v) is 8.95. The highest BCUT2D eigenvalue weighted by Crippen LogP contribution is 2.39. The minimum Gasteiger partial charge on any atom is -0.481 e. The largest absolute Gasteiger partial charge is 0.481 e. The SMILES string of the molecule is CC(O)(c1ccccc1CC(=O)O)C(F)(F)F. The molecule has 0 aromatic heterocycles. The van der Waals surface area contributed by atoms with Gasteiger partial charge in [-0.2, -0.15) is 13.2 Å². The van der Waals surface area contributed by atoms with E-state index in [1.807, 2.05) is 0 Å². The lowest BCUT2D eigenvalue weighted by Crippen LogP contribution is -2.40. The number of hydrogen-bond donors (Lipinski definition) is 2. The van der Waals surface area contributed by atoms with Crippen LogP contribution in [-0.2, 0) is 16.8 Å². The molecule has 1 aromatic carbocycles. The number of carboxylic acid groups (broad SMARTS) is 1. The molecule has 2 N–H and O–H groups in total. The Morgan fingerprint density at radius 3 is 2.29 bits per heavy atom. The highest BCUT2D eigenvalue weighted by molar-refractivity contribution is 5.71. The van der Waals surface area contributed by atoms with Crippen molar-refractivity contribution in [3.63, 3.8) is 0 Å². The Balaban J connectivity index is 3.26. The van der Waals surface area contributed by atoms with E-state index >= 15 is 0 Å². The van der Waals surface area contributed by atoms with E-state index < -0.39 is 29.7 Å². The molecule has 0 radical (unpaired) electrons. The predicted molar refractivity (Wildman–Crippen MR) is 53.4 cm³/mol. The van der Waals surface area contributed by atoms with E-state index in [2.05, 4.69) is 0 Å². The lowest BCUT2D eigenvalue weighted by atomic mass is 9.89. The van der Waals surface area contributed by atoms with Crippen LogP contribution in [0.15, 0.2) is 24.3 Å². The molecule has 94 valence electrons. The molecule has 0 aliphatic carbocycles. The molecule has 1 unspecified atom stereocenters. The van der Waals surface area contributed by atoms with E-state index in [0.717, 1.165) is 6.07 Å². The summed E-state index contributed by atoms with van der Waals surface area (Å²) in [5.41, 5.74) is -3.55. The molecule has 0 aliphatic heterocycles. The molecule has 1 atom stereocenters. The molecule has 0 aliphatic rings. The summed E-state index contributed by atoms with van der Waals surface area (Å²) in [5, 5.41) is 18.1. The summed E-state index contributed by atoms with van der Waals surface area (Å²) < 4.78 is 37.9. The Labute approximate surface area is 95.5 Å². The first kappa shape index (κ1) is 13.5. The van der Waals surface area contributed by atoms with Crippen molar-refractivity contribution in [1.29, 1.82) is 0 Å². The normalized spacial score (nSPS) is 15.4. The Bertz CT molecular complexity index is 424. The first-order valence-corrected chi connectivity index (χ1v) is 4.75. The molecule has 1 aromatic rings. The van der Waals surface area contributed by atoms with Crippen LogP contribution in [0, 0.1) is 0 Å². The maximum atomic E-state index is 12.6. The lowest BCUT2D eigenvalue weighted by Gasteiger charge is -2.28. The summed E-state index contributed by atoms with van der Waals surface area (Å²) >= 11 is 0.